The molecule has 0 aliphatic carbocycles. The number of nitrogens with one attached hydrogen (secondary N) is 2. The van der Waals surface area contributed by atoms with E-state index in [2.05, 4.69) is 10.6 Å². The lowest BCUT2D eigenvalue weighted by Gasteiger charge is -2.08. The number of rotatable bonds is 5. The maximum Gasteiger partial charge on any atom is 0.251 e. The Hall–Kier alpha value is -3.35. The Kier molecular flexibility index (Phi) is 4.65. The number of ketones is 1. The van der Waals surface area contributed by atoms with Gasteiger partial charge in [0.1, 0.15) is 0 Å². The Morgan fingerprint density at radius 1 is 1.00 bits per heavy atom. The van der Waals surface area contributed by atoms with Gasteiger partial charge < -0.3 is 20.1 Å². The molecule has 0 aromatic heterocycles. The van der Waals surface area contributed by atoms with Crippen molar-refractivity contribution < 1.29 is 23.9 Å². The summed E-state index contributed by atoms with van der Waals surface area (Å²) in [4.78, 5) is 35.4. The Morgan fingerprint density at radius 3 is 2.60 bits per heavy atom. The molecule has 0 fully saturated rings. The van der Waals surface area contributed by atoms with Crippen molar-refractivity contribution >= 4 is 23.3 Å². The van der Waals surface area contributed by atoms with E-state index in [4.69, 9.17) is 9.47 Å². The Morgan fingerprint density at radius 2 is 1.80 bits per heavy atom. The van der Waals surface area contributed by atoms with E-state index in [1.807, 2.05) is 0 Å². The van der Waals surface area contributed by atoms with Gasteiger partial charge in [0.15, 0.2) is 17.3 Å². The van der Waals surface area contributed by atoms with E-state index < -0.39 is 11.8 Å². The van der Waals surface area contributed by atoms with Crippen LogP contribution in [0.15, 0.2) is 42.5 Å². The van der Waals surface area contributed by atoms with Crippen molar-refractivity contribution in [3.05, 3.63) is 53.6 Å². The van der Waals surface area contributed by atoms with Crippen molar-refractivity contribution in [1.29, 1.82) is 0 Å². The Balaban J connectivity index is 1.56. The first-order valence-electron chi connectivity index (χ1n) is 7.61. The second-order valence-electron chi connectivity index (χ2n) is 5.44. The highest BCUT2D eigenvalue weighted by atomic mass is 16.7. The second kappa shape index (κ2) is 7.04. The highest BCUT2D eigenvalue weighted by Crippen LogP contribution is 2.32. The van der Waals surface area contributed by atoms with Gasteiger partial charge in [0.2, 0.25) is 12.7 Å². The molecule has 0 saturated carbocycles. The third-order valence-corrected chi connectivity index (χ3v) is 3.60. The normalized spacial score (nSPS) is 11.7. The summed E-state index contributed by atoms with van der Waals surface area (Å²) in [6.07, 6.45) is 0. The molecule has 1 aliphatic rings. The summed E-state index contributed by atoms with van der Waals surface area (Å²) in [5, 5.41) is 5.17. The Labute approximate surface area is 143 Å². The minimum Gasteiger partial charge on any atom is -0.454 e. The molecular formula is C18H16N2O5. The highest BCUT2D eigenvalue weighted by molar-refractivity contribution is 6.00. The van der Waals surface area contributed by atoms with Crippen LogP contribution in [0, 0.1) is 0 Å². The number of amides is 2. The molecule has 0 spiro atoms. The number of benzene rings is 2. The first-order chi connectivity index (χ1) is 12.0. The number of carbonyl (C=O) groups excluding carboxylic acids is 3. The van der Waals surface area contributed by atoms with E-state index in [1.54, 1.807) is 42.5 Å². The standard InChI is InChI=1S/C18H16N2O5/c1-11(21)12-3-2-4-14(7-12)20-17(22)9-19-18(23)13-5-6-15-16(8-13)25-10-24-15/h2-8H,9-10H2,1H3,(H,19,23)(H,20,22). The van der Waals surface area contributed by atoms with Crippen LogP contribution in [0.2, 0.25) is 0 Å². The predicted octanol–water partition coefficient (Wildman–Crippen LogP) is 1.99. The zero-order valence-corrected chi connectivity index (χ0v) is 13.5. The van der Waals surface area contributed by atoms with Crippen LogP contribution in [-0.4, -0.2) is 30.9 Å². The molecule has 0 radical (unpaired) electrons. The Bertz CT molecular complexity index is 847. The predicted molar refractivity (Wildman–Crippen MR) is 90.0 cm³/mol. The number of anilines is 1. The van der Waals surface area contributed by atoms with Gasteiger partial charge in [0.05, 0.1) is 6.54 Å². The maximum absolute atomic E-state index is 12.1. The molecule has 0 atom stereocenters. The molecule has 1 heterocycles. The molecule has 25 heavy (non-hydrogen) atoms. The lowest BCUT2D eigenvalue weighted by atomic mass is 10.1. The summed E-state index contributed by atoms with van der Waals surface area (Å²) in [7, 11) is 0. The third-order valence-electron chi connectivity index (χ3n) is 3.60. The van der Waals surface area contributed by atoms with Gasteiger partial charge >= 0.3 is 0 Å². The summed E-state index contributed by atoms with van der Waals surface area (Å²) in [5.41, 5.74) is 1.37. The van der Waals surface area contributed by atoms with E-state index in [0.29, 0.717) is 28.3 Å². The smallest absolute Gasteiger partial charge is 0.251 e. The fourth-order valence-electron chi connectivity index (χ4n) is 2.32. The van der Waals surface area contributed by atoms with Gasteiger partial charge in [-0.2, -0.15) is 0 Å². The average molecular weight is 340 g/mol. The summed E-state index contributed by atoms with van der Waals surface area (Å²) in [6.45, 7) is 1.38. The van der Waals surface area contributed by atoms with E-state index in [9.17, 15) is 14.4 Å². The summed E-state index contributed by atoms with van der Waals surface area (Å²) >= 11 is 0. The number of carbonyl (C=O) groups is 3. The van der Waals surface area contributed by atoms with E-state index >= 15 is 0 Å². The lowest BCUT2D eigenvalue weighted by Crippen LogP contribution is -2.32. The fourth-order valence-corrected chi connectivity index (χ4v) is 2.32. The van der Waals surface area contributed by atoms with Crippen LogP contribution in [0.25, 0.3) is 0 Å². The molecule has 2 aromatic rings. The zero-order valence-electron chi connectivity index (χ0n) is 13.5. The number of ether oxygens (including phenoxy) is 2. The van der Waals surface area contributed by atoms with Crippen molar-refractivity contribution in [2.24, 2.45) is 0 Å². The SMILES string of the molecule is CC(=O)c1cccc(NC(=O)CNC(=O)c2ccc3c(c2)OCO3)c1. The second-order valence-corrected chi connectivity index (χ2v) is 5.44. The summed E-state index contributed by atoms with van der Waals surface area (Å²) in [6, 6.07) is 11.4. The average Bonchev–Trinajstić information content (AvgIpc) is 3.07. The topological polar surface area (TPSA) is 93.7 Å². The molecule has 2 aromatic carbocycles. The van der Waals surface area contributed by atoms with Crippen molar-refractivity contribution in [3.63, 3.8) is 0 Å². The molecule has 0 unspecified atom stereocenters. The van der Waals surface area contributed by atoms with Crippen LogP contribution in [0.5, 0.6) is 11.5 Å². The quantitative estimate of drug-likeness (QED) is 0.812. The molecular weight excluding hydrogens is 324 g/mol. The van der Waals surface area contributed by atoms with Crippen molar-refractivity contribution in [2.45, 2.75) is 6.92 Å². The van der Waals surface area contributed by atoms with E-state index in [1.165, 1.54) is 6.92 Å². The highest BCUT2D eigenvalue weighted by Gasteiger charge is 2.16. The van der Waals surface area contributed by atoms with Crippen LogP contribution >= 0.6 is 0 Å². The van der Waals surface area contributed by atoms with Gasteiger partial charge in [-0.05, 0) is 37.3 Å². The van der Waals surface area contributed by atoms with Crippen LogP contribution in [-0.2, 0) is 4.79 Å². The molecule has 128 valence electrons. The van der Waals surface area contributed by atoms with Crippen molar-refractivity contribution in [2.75, 3.05) is 18.7 Å². The number of hydrogen-bond acceptors (Lipinski definition) is 5. The van der Waals surface area contributed by atoms with Crippen molar-refractivity contribution in [1.82, 2.24) is 5.32 Å². The molecule has 0 saturated heterocycles. The number of Topliss-reactive ketones (excluding diaryl/α,β-unsaturated/α-hetero) is 1. The number of fused-ring (bicyclic) bond motifs is 1. The van der Waals surface area contributed by atoms with Gasteiger partial charge in [-0.3, -0.25) is 14.4 Å². The first kappa shape index (κ1) is 16.5. The van der Waals surface area contributed by atoms with Gasteiger partial charge in [-0.1, -0.05) is 12.1 Å². The molecule has 1 aliphatic heterocycles. The molecule has 2 amide bonds. The molecule has 3 rings (SSSR count). The van der Waals surface area contributed by atoms with Crippen LogP contribution in [0.4, 0.5) is 5.69 Å². The van der Waals surface area contributed by atoms with Crippen LogP contribution in [0.3, 0.4) is 0 Å². The van der Waals surface area contributed by atoms with Crippen LogP contribution in [0.1, 0.15) is 27.6 Å². The van der Waals surface area contributed by atoms with Gasteiger partial charge in [-0.15, -0.1) is 0 Å². The summed E-state index contributed by atoms with van der Waals surface area (Å²) < 4.78 is 10.4. The molecule has 0 bridgehead atoms. The summed E-state index contributed by atoms with van der Waals surface area (Å²) in [5.74, 6) is 0.200. The molecule has 7 heteroatoms. The number of hydrogen-bond donors (Lipinski definition) is 2. The minimum absolute atomic E-state index is 0.0905. The van der Waals surface area contributed by atoms with E-state index in [-0.39, 0.29) is 19.1 Å². The zero-order chi connectivity index (χ0) is 17.8. The molecule has 7 nitrogen and oxygen atoms in total. The van der Waals surface area contributed by atoms with Gasteiger partial charge in [0, 0.05) is 16.8 Å². The van der Waals surface area contributed by atoms with Crippen LogP contribution < -0.4 is 20.1 Å². The largest absolute Gasteiger partial charge is 0.454 e. The lowest BCUT2D eigenvalue weighted by molar-refractivity contribution is -0.115. The monoisotopic (exact) mass is 340 g/mol. The minimum atomic E-state index is -0.397. The molecule has 2 N–H and O–H groups in total. The van der Waals surface area contributed by atoms with Gasteiger partial charge in [-0.25, -0.2) is 0 Å². The van der Waals surface area contributed by atoms with Crippen molar-refractivity contribution in [3.8, 4) is 11.5 Å². The first-order valence-corrected chi connectivity index (χ1v) is 7.61. The maximum atomic E-state index is 12.1. The van der Waals surface area contributed by atoms with E-state index in [0.717, 1.165) is 0 Å². The van der Waals surface area contributed by atoms with Gasteiger partial charge in [0.25, 0.3) is 5.91 Å². The fraction of sp³-hybridized carbons (Fsp3) is 0.167. The third kappa shape index (κ3) is 3.95.